The molecular formula is C16H16N4O. The van der Waals surface area contributed by atoms with Crippen molar-refractivity contribution in [2.75, 3.05) is 0 Å². The molecule has 3 heterocycles. The van der Waals surface area contributed by atoms with E-state index in [1.165, 1.54) is 0 Å². The molecule has 0 atom stereocenters. The van der Waals surface area contributed by atoms with Crippen molar-refractivity contribution in [3.8, 4) is 5.88 Å². The molecule has 0 radical (unpaired) electrons. The van der Waals surface area contributed by atoms with E-state index in [1.54, 1.807) is 23.1 Å². The molecule has 0 aliphatic heterocycles. The maximum atomic E-state index is 5.88. The Kier molecular flexibility index (Phi) is 3.91. The SMILES string of the molecule is C=CCCc1cc(OCc2cccnc2)n2nccc2n1. The molecule has 0 bridgehead atoms. The maximum absolute atomic E-state index is 5.88. The highest BCUT2D eigenvalue weighted by Gasteiger charge is 2.07. The lowest BCUT2D eigenvalue weighted by molar-refractivity contribution is 0.284. The summed E-state index contributed by atoms with van der Waals surface area (Å²) in [7, 11) is 0. The minimum absolute atomic E-state index is 0.452. The molecule has 0 aliphatic rings. The summed E-state index contributed by atoms with van der Waals surface area (Å²) in [6.45, 7) is 4.20. The lowest BCUT2D eigenvalue weighted by Gasteiger charge is -2.09. The van der Waals surface area contributed by atoms with Crippen molar-refractivity contribution in [1.82, 2.24) is 19.6 Å². The van der Waals surface area contributed by atoms with Crippen LogP contribution < -0.4 is 4.74 Å². The Bertz CT molecular complexity index is 736. The van der Waals surface area contributed by atoms with Crippen LogP contribution in [0, 0.1) is 0 Å². The van der Waals surface area contributed by atoms with Gasteiger partial charge in [0, 0.05) is 35.8 Å². The summed E-state index contributed by atoms with van der Waals surface area (Å²) in [4.78, 5) is 8.63. The molecule has 0 amide bonds. The predicted octanol–water partition coefficient (Wildman–Crippen LogP) is 2.82. The summed E-state index contributed by atoms with van der Waals surface area (Å²) in [5.41, 5.74) is 2.78. The fourth-order valence-electron chi connectivity index (χ4n) is 2.06. The zero-order chi connectivity index (χ0) is 14.5. The summed E-state index contributed by atoms with van der Waals surface area (Å²) < 4.78 is 7.58. The van der Waals surface area contributed by atoms with Crippen LogP contribution in [0.3, 0.4) is 0 Å². The van der Waals surface area contributed by atoms with Gasteiger partial charge in [0.15, 0.2) is 5.65 Å². The van der Waals surface area contributed by atoms with Crippen LogP contribution in [0.1, 0.15) is 17.7 Å². The van der Waals surface area contributed by atoms with Gasteiger partial charge in [-0.2, -0.15) is 9.61 Å². The van der Waals surface area contributed by atoms with Crippen molar-refractivity contribution in [2.24, 2.45) is 0 Å². The average Bonchev–Trinajstić information content (AvgIpc) is 3.00. The Morgan fingerprint density at radius 3 is 3.05 bits per heavy atom. The highest BCUT2D eigenvalue weighted by atomic mass is 16.5. The maximum Gasteiger partial charge on any atom is 0.218 e. The normalized spacial score (nSPS) is 10.7. The van der Waals surface area contributed by atoms with Crippen molar-refractivity contribution in [3.05, 3.63) is 66.8 Å². The standard InChI is InChI=1S/C16H16N4O/c1-2-3-6-14-10-16(20-15(19-14)7-9-18-20)21-12-13-5-4-8-17-11-13/h2,4-5,7-11H,1,3,6,12H2. The number of ether oxygens (including phenoxy) is 1. The summed E-state index contributed by atoms with van der Waals surface area (Å²) in [5.74, 6) is 0.688. The Balaban J connectivity index is 1.85. The second-order valence-corrected chi connectivity index (χ2v) is 4.66. The fourth-order valence-corrected chi connectivity index (χ4v) is 2.06. The van der Waals surface area contributed by atoms with Gasteiger partial charge in [-0.05, 0) is 18.9 Å². The number of hydrogen-bond acceptors (Lipinski definition) is 4. The van der Waals surface area contributed by atoms with Gasteiger partial charge in [0.1, 0.15) is 6.61 Å². The average molecular weight is 280 g/mol. The van der Waals surface area contributed by atoms with Gasteiger partial charge in [-0.3, -0.25) is 4.98 Å². The van der Waals surface area contributed by atoms with Gasteiger partial charge in [0.2, 0.25) is 5.88 Å². The van der Waals surface area contributed by atoms with Crippen LogP contribution in [0.5, 0.6) is 5.88 Å². The number of aromatic nitrogens is 4. The van der Waals surface area contributed by atoms with Crippen molar-refractivity contribution in [2.45, 2.75) is 19.4 Å². The van der Waals surface area contributed by atoms with Crippen molar-refractivity contribution >= 4 is 5.65 Å². The molecule has 3 rings (SSSR count). The third kappa shape index (κ3) is 3.08. The molecule has 0 saturated heterocycles. The lowest BCUT2D eigenvalue weighted by atomic mass is 10.2. The van der Waals surface area contributed by atoms with Crippen molar-refractivity contribution in [3.63, 3.8) is 0 Å². The summed E-state index contributed by atoms with van der Waals surface area (Å²) in [5, 5.41) is 4.25. The first-order valence-corrected chi connectivity index (χ1v) is 6.83. The number of fused-ring (bicyclic) bond motifs is 1. The van der Waals surface area contributed by atoms with Crippen molar-refractivity contribution in [1.29, 1.82) is 0 Å². The molecule has 5 nitrogen and oxygen atoms in total. The first kappa shape index (κ1) is 13.3. The third-order valence-corrected chi connectivity index (χ3v) is 3.09. The van der Waals surface area contributed by atoms with Gasteiger partial charge in [0.05, 0.1) is 6.20 Å². The molecule has 0 unspecified atom stereocenters. The van der Waals surface area contributed by atoms with E-state index in [-0.39, 0.29) is 0 Å². The second kappa shape index (κ2) is 6.17. The van der Waals surface area contributed by atoms with Gasteiger partial charge in [-0.15, -0.1) is 6.58 Å². The minimum Gasteiger partial charge on any atom is -0.473 e. The molecule has 0 aromatic carbocycles. The number of allylic oxidation sites excluding steroid dienone is 1. The molecule has 3 aromatic heterocycles. The van der Waals surface area contributed by atoms with Gasteiger partial charge in [-0.25, -0.2) is 4.98 Å². The van der Waals surface area contributed by atoms with Crippen molar-refractivity contribution < 1.29 is 4.74 Å². The second-order valence-electron chi connectivity index (χ2n) is 4.66. The number of nitrogens with zero attached hydrogens (tertiary/aromatic N) is 4. The first-order chi connectivity index (χ1) is 10.4. The van der Waals surface area contributed by atoms with Gasteiger partial charge >= 0.3 is 0 Å². The topological polar surface area (TPSA) is 52.3 Å². The monoisotopic (exact) mass is 280 g/mol. The van der Waals surface area contributed by atoms with E-state index in [1.807, 2.05) is 30.3 Å². The molecule has 0 fully saturated rings. The highest BCUT2D eigenvalue weighted by Crippen LogP contribution is 2.17. The summed E-state index contributed by atoms with van der Waals surface area (Å²) in [6, 6.07) is 7.67. The number of hydrogen-bond donors (Lipinski definition) is 0. The smallest absolute Gasteiger partial charge is 0.218 e. The molecular weight excluding hydrogens is 264 g/mol. The predicted molar refractivity (Wildman–Crippen MR) is 80.1 cm³/mol. The quantitative estimate of drug-likeness (QED) is 0.651. The Labute approximate surface area is 122 Å². The van der Waals surface area contributed by atoms with Crippen LogP contribution in [0.25, 0.3) is 5.65 Å². The lowest BCUT2D eigenvalue weighted by Crippen LogP contribution is -2.04. The third-order valence-electron chi connectivity index (χ3n) is 3.09. The van der Waals surface area contributed by atoms with Gasteiger partial charge in [-0.1, -0.05) is 12.1 Å². The summed E-state index contributed by atoms with van der Waals surface area (Å²) in [6.07, 6.45) is 8.87. The Morgan fingerprint density at radius 1 is 1.29 bits per heavy atom. The highest BCUT2D eigenvalue weighted by molar-refractivity contribution is 5.41. The molecule has 5 heteroatoms. The van der Waals surface area contributed by atoms with E-state index in [0.717, 1.165) is 29.7 Å². The zero-order valence-electron chi connectivity index (χ0n) is 11.6. The molecule has 3 aromatic rings. The van der Waals surface area contributed by atoms with Crippen LogP contribution in [0.2, 0.25) is 0 Å². The number of pyridine rings is 1. The van der Waals surface area contributed by atoms with Crippen LogP contribution >= 0.6 is 0 Å². The van der Waals surface area contributed by atoms with Crippen LogP contribution in [0.15, 0.2) is 55.5 Å². The Hall–Kier alpha value is -2.69. The van der Waals surface area contributed by atoms with E-state index in [0.29, 0.717) is 12.5 Å². The van der Waals surface area contributed by atoms with Crippen LogP contribution in [-0.4, -0.2) is 19.6 Å². The molecule has 0 N–H and O–H groups in total. The molecule has 106 valence electrons. The van der Waals surface area contributed by atoms with E-state index >= 15 is 0 Å². The van der Waals surface area contributed by atoms with E-state index < -0.39 is 0 Å². The van der Waals surface area contributed by atoms with E-state index in [4.69, 9.17) is 4.74 Å². The molecule has 0 aliphatic carbocycles. The van der Waals surface area contributed by atoms with Crippen LogP contribution in [0.4, 0.5) is 0 Å². The molecule has 0 saturated carbocycles. The number of aryl methyl sites for hydroxylation is 1. The molecule has 0 spiro atoms. The van der Waals surface area contributed by atoms with Gasteiger partial charge in [0.25, 0.3) is 0 Å². The summed E-state index contributed by atoms with van der Waals surface area (Å²) >= 11 is 0. The van der Waals surface area contributed by atoms with E-state index in [9.17, 15) is 0 Å². The first-order valence-electron chi connectivity index (χ1n) is 6.83. The molecule has 21 heavy (non-hydrogen) atoms. The van der Waals surface area contributed by atoms with E-state index in [2.05, 4.69) is 21.6 Å². The Morgan fingerprint density at radius 2 is 2.24 bits per heavy atom. The minimum atomic E-state index is 0.452. The largest absolute Gasteiger partial charge is 0.473 e. The van der Waals surface area contributed by atoms with Crippen LogP contribution in [-0.2, 0) is 13.0 Å². The number of rotatable bonds is 6. The zero-order valence-corrected chi connectivity index (χ0v) is 11.6. The van der Waals surface area contributed by atoms with Gasteiger partial charge < -0.3 is 4.74 Å². The fraction of sp³-hybridized carbons (Fsp3) is 0.188.